The molecule has 0 spiro atoms. The van der Waals surface area contributed by atoms with Crippen LogP contribution in [-0.4, -0.2) is 15.0 Å². The topological polar surface area (TPSA) is 51.8 Å². The SMILES string of the molecule is c1ccc(-c2nc(-c3ccc4ccccc4c3)nc(-c3ccc4c(c3)oc3cc5c6ccccc6c6ccccc6c5cc34)n2)cc1. The molecule has 0 fully saturated rings. The second-order valence-electron chi connectivity index (χ2n) is 12.0. The van der Waals surface area contributed by atoms with E-state index in [0.29, 0.717) is 17.5 Å². The average Bonchev–Trinajstić information content (AvgIpc) is 3.51. The Labute approximate surface area is 269 Å². The van der Waals surface area contributed by atoms with Gasteiger partial charge in [-0.2, -0.15) is 0 Å². The fraction of sp³-hybridized carbons (Fsp3) is 0. The molecule has 8 aromatic carbocycles. The number of nitrogens with zero attached hydrogens (tertiary/aromatic N) is 3. The van der Waals surface area contributed by atoms with Crippen molar-refractivity contribution in [2.24, 2.45) is 0 Å². The predicted molar refractivity (Wildman–Crippen MR) is 193 cm³/mol. The molecule has 0 atom stereocenters. The first kappa shape index (κ1) is 25.9. The van der Waals surface area contributed by atoms with E-state index in [4.69, 9.17) is 19.4 Å². The summed E-state index contributed by atoms with van der Waals surface area (Å²) in [7, 11) is 0. The Hall–Kier alpha value is -6.39. The molecule has 2 heterocycles. The van der Waals surface area contributed by atoms with Crippen molar-refractivity contribution in [1.29, 1.82) is 0 Å². The lowest BCUT2D eigenvalue weighted by Crippen LogP contribution is -2.00. The predicted octanol–water partition coefficient (Wildman–Crippen LogP) is 11.4. The number of hydrogen-bond donors (Lipinski definition) is 0. The lowest BCUT2D eigenvalue weighted by molar-refractivity contribution is 0.669. The van der Waals surface area contributed by atoms with Gasteiger partial charge in [-0.15, -0.1) is 0 Å². The molecule has 218 valence electrons. The molecule has 0 radical (unpaired) electrons. The van der Waals surface area contributed by atoms with E-state index in [1.165, 1.54) is 37.7 Å². The molecule has 10 aromatic rings. The molecule has 10 rings (SSSR count). The number of fused-ring (bicyclic) bond motifs is 10. The van der Waals surface area contributed by atoms with E-state index in [0.717, 1.165) is 44.0 Å². The molecule has 0 aliphatic rings. The number of rotatable bonds is 3. The van der Waals surface area contributed by atoms with Gasteiger partial charge in [0.15, 0.2) is 17.5 Å². The lowest BCUT2D eigenvalue weighted by atomic mass is 9.93. The fourth-order valence-corrected chi connectivity index (χ4v) is 6.99. The highest BCUT2D eigenvalue weighted by Crippen LogP contribution is 2.40. The van der Waals surface area contributed by atoms with Crippen LogP contribution in [0, 0.1) is 0 Å². The van der Waals surface area contributed by atoms with Crippen LogP contribution in [-0.2, 0) is 0 Å². The highest BCUT2D eigenvalue weighted by atomic mass is 16.3. The first-order valence-electron chi connectivity index (χ1n) is 15.8. The molecule has 4 nitrogen and oxygen atoms in total. The quantitative estimate of drug-likeness (QED) is 0.190. The minimum Gasteiger partial charge on any atom is -0.456 e. The molecular weight excluding hydrogens is 574 g/mol. The number of benzene rings is 8. The third kappa shape index (κ3) is 4.12. The highest BCUT2D eigenvalue weighted by Gasteiger charge is 2.17. The number of furan rings is 1. The van der Waals surface area contributed by atoms with Gasteiger partial charge in [0.05, 0.1) is 0 Å². The van der Waals surface area contributed by atoms with Gasteiger partial charge in [0.1, 0.15) is 11.2 Å². The van der Waals surface area contributed by atoms with Gasteiger partial charge in [-0.25, -0.2) is 15.0 Å². The molecule has 4 heteroatoms. The minimum absolute atomic E-state index is 0.603. The van der Waals surface area contributed by atoms with E-state index in [-0.39, 0.29) is 0 Å². The van der Waals surface area contributed by atoms with Crippen LogP contribution in [0.5, 0.6) is 0 Å². The van der Waals surface area contributed by atoms with Gasteiger partial charge in [0, 0.05) is 27.5 Å². The largest absolute Gasteiger partial charge is 0.456 e. The molecule has 0 bridgehead atoms. The standard InChI is InChI=1S/C43H25N3O/c1-2-11-27(12-3-1)41-44-42(29-19-18-26-10-4-5-13-28(26)22-29)46-43(45-41)30-20-21-35-38-24-36-33-16-8-6-14-31(33)32-15-7-9-17-34(32)37(36)25-40(38)47-39(35)23-30/h1-25H. The average molecular weight is 600 g/mol. The van der Waals surface area contributed by atoms with Gasteiger partial charge in [0.2, 0.25) is 0 Å². The molecule has 47 heavy (non-hydrogen) atoms. The van der Waals surface area contributed by atoms with E-state index in [9.17, 15) is 0 Å². The highest BCUT2D eigenvalue weighted by molar-refractivity contribution is 6.28. The van der Waals surface area contributed by atoms with Crippen molar-refractivity contribution in [2.45, 2.75) is 0 Å². The summed E-state index contributed by atoms with van der Waals surface area (Å²) in [5.41, 5.74) is 4.42. The van der Waals surface area contributed by atoms with Crippen molar-refractivity contribution in [3.05, 3.63) is 152 Å². The van der Waals surface area contributed by atoms with Gasteiger partial charge < -0.3 is 4.42 Å². The number of aromatic nitrogens is 3. The molecule has 0 aliphatic carbocycles. The smallest absolute Gasteiger partial charge is 0.164 e. The van der Waals surface area contributed by atoms with Crippen molar-refractivity contribution in [2.75, 3.05) is 0 Å². The van der Waals surface area contributed by atoms with Crippen LogP contribution >= 0.6 is 0 Å². The first-order chi connectivity index (χ1) is 23.3. The van der Waals surface area contributed by atoms with E-state index in [1.54, 1.807) is 0 Å². The molecule has 0 N–H and O–H groups in total. The monoisotopic (exact) mass is 599 g/mol. The molecule has 0 saturated carbocycles. The summed E-state index contributed by atoms with van der Waals surface area (Å²) in [6.45, 7) is 0. The summed E-state index contributed by atoms with van der Waals surface area (Å²) in [6.07, 6.45) is 0. The molecule has 0 unspecified atom stereocenters. The van der Waals surface area contributed by atoms with E-state index < -0.39 is 0 Å². The van der Waals surface area contributed by atoms with Crippen LogP contribution in [0.25, 0.3) is 99.2 Å². The summed E-state index contributed by atoms with van der Waals surface area (Å²) in [4.78, 5) is 14.9. The van der Waals surface area contributed by atoms with Crippen LogP contribution in [0.3, 0.4) is 0 Å². The van der Waals surface area contributed by atoms with Crippen LogP contribution in [0.2, 0.25) is 0 Å². The van der Waals surface area contributed by atoms with Gasteiger partial charge in [-0.05, 0) is 73.4 Å². The molecule has 2 aromatic heterocycles. The van der Waals surface area contributed by atoms with E-state index in [2.05, 4.69) is 121 Å². The third-order valence-corrected chi connectivity index (χ3v) is 9.27. The maximum absolute atomic E-state index is 6.59. The summed E-state index contributed by atoms with van der Waals surface area (Å²) in [5, 5.41) is 11.9. The molecule has 0 amide bonds. The zero-order chi connectivity index (χ0) is 30.9. The van der Waals surface area contributed by atoms with Crippen molar-refractivity contribution < 1.29 is 4.42 Å². The second kappa shape index (κ2) is 10.1. The van der Waals surface area contributed by atoms with E-state index in [1.807, 2.05) is 30.3 Å². The van der Waals surface area contributed by atoms with Crippen molar-refractivity contribution >= 4 is 65.0 Å². The minimum atomic E-state index is 0.603. The van der Waals surface area contributed by atoms with Crippen LogP contribution in [0.15, 0.2) is 156 Å². The van der Waals surface area contributed by atoms with Crippen LogP contribution < -0.4 is 0 Å². The Balaban J connectivity index is 1.18. The fourth-order valence-electron chi connectivity index (χ4n) is 6.99. The normalized spacial score (nSPS) is 11.8. The summed E-state index contributed by atoms with van der Waals surface area (Å²) in [5.74, 6) is 1.87. The Morgan fingerprint density at radius 2 is 0.809 bits per heavy atom. The van der Waals surface area contributed by atoms with Gasteiger partial charge in [-0.1, -0.05) is 121 Å². The Morgan fingerprint density at radius 3 is 1.51 bits per heavy atom. The maximum Gasteiger partial charge on any atom is 0.164 e. The molecule has 0 aliphatic heterocycles. The van der Waals surface area contributed by atoms with Gasteiger partial charge >= 0.3 is 0 Å². The lowest BCUT2D eigenvalue weighted by Gasteiger charge is -2.10. The van der Waals surface area contributed by atoms with Gasteiger partial charge in [0.25, 0.3) is 0 Å². The van der Waals surface area contributed by atoms with E-state index >= 15 is 0 Å². The zero-order valence-electron chi connectivity index (χ0n) is 25.2. The van der Waals surface area contributed by atoms with Crippen LogP contribution in [0.1, 0.15) is 0 Å². The van der Waals surface area contributed by atoms with Crippen molar-refractivity contribution in [1.82, 2.24) is 15.0 Å². The maximum atomic E-state index is 6.59. The first-order valence-corrected chi connectivity index (χ1v) is 15.8. The Bertz CT molecular complexity index is 2850. The van der Waals surface area contributed by atoms with Gasteiger partial charge in [-0.3, -0.25) is 0 Å². The second-order valence-corrected chi connectivity index (χ2v) is 12.0. The van der Waals surface area contributed by atoms with Crippen LogP contribution in [0.4, 0.5) is 0 Å². The molecular formula is C43H25N3O. The summed E-state index contributed by atoms with van der Waals surface area (Å²) < 4.78 is 6.59. The van der Waals surface area contributed by atoms with Crippen molar-refractivity contribution in [3.8, 4) is 34.2 Å². The Morgan fingerprint density at radius 1 is 0.298 bits per heavy atom. The number of hydrogen-bond acceptors (Lipinski definition) is 4. The third-order valence-electron chi connectivity index (χ3n) is 9.27. The zero-order valence-corrected chi connectivity index (χ0v) is 25.2. The van der Waals surface area contributed by atoms with Crippen molar-refractivity contribution in [3.63, 3.8) is 0 Å². The summed E-state index contributed by atoms with van der Waals surface area (Å²) in [6, 6.07) is 52.8. The summed E-state index contributed by atoms with van der Waals surface area (Å²) >= 11 is 0. The molecule has 0 saturated heterocycles. The Kier molecular flexibility index (Phi) is 5.54.